The molecular weight excluding hydrogens is 226 g/mol. The van der Waals surface area contributed by atoms with Gasteiger partial charge in [0.1, 0.15) is 0 Å². The lowest BCUT2D eigenvalue weighted by Gasteiger charge is -2.55. The molecule has 0 radical (unpaired) electrons. The van der Waals surface area contributed by atoms with Gasteiger partial charge in [-0.2, -0.15) is 0 Å². The number of piperazine rings is 1. The fourth-order valence-electron chi connectivity index (χ4n) is 3.29. The number of hydrogen-bond donors (Lipinski definition) is 1. The molecule has 1 aliphatic rings. The highest BCUT2D eigenvalue weighted by Gasteiger charge is 2.47. The summed E-state index contributed by atoms with van der Waals surface area (Å²) in [6.45, 7) is 12.5. The summed E-state index contributed by atoms with van der Waals surface area (Å²) in [6, 6.07) is 0.00435. The molecule has 1 unspecified atom stereocenters. The van der Waals surface area contributed by atoms with Crippen molar-refractivity contribution < 1.29 is 4.79 Å². The third-order valence-corrected chi connectivity index (χ3v) is 3.62. The average molecular weight is 255 g/mol. The summed E-state index contributed by atoms with van der Waals surface area (Å²) >= 11 is 0. The normalized spacial score (nSPS) is 25.6. The Morgan fingerprint density at radius 1 is 1.39 bits per heavy atom. The highest BCUT2D eigenvalue weighted by Crippen LogP contribution is 2.32. The Morgan fingerprint density at radius 2 is 1.94 bits per heavy atom. The minimum atomic E-state index is -0.125. The summed E-state index contributed by atoms with van der Waals surface area (Å²) in [5.74, 6) is 0.261. The van der Waals surface area contributed by atoms with E-state index < -0.39 is 0 Å². The largest absolute Gasteiger partial charge is 0.330 e. The van der Waals surface area contributed by atoms with E-state index in [4.69, 9.17) is 0 Å². The van der Waals surface area contributed by atoms with Crippen molar-refractivity contribution in [2.24, 2.45) is 0 Å². The van der Waals surface area contributed by atoms with E-state index in [-0.39, 0.29) is 23.0 Å². The first kappa shape index (κ1) is 15.4. The average Bonchev–Trinajstić information content (AvgIpc) is 2.12. The van der Waals surface area contributed by atoms with Crippen LogP contribution in [-0.4, -0.2) is 60.0 Å². The van der Waals surface area contributed by atoms with Crippen molar-refractivity contribution in [3.8, 4) is 0 Å². The van der Waals surface area contributed by atoms with Crippen LogP contribution in [0.15, 0.2) is 0 Å². The van der Waals surface area contributed by atoms with E-state index in [9.17, 15) is 4.79 Å². The number of amides is 1. The monoisotopic (exact) mass is 255 g/mol. The molecule has 1 heterocycles. The summed E-state index contributed by atoms with van der Waals surface area (Å²) in [6.07, 6.45) is 0.870. The number of rotatable bonds is 3. The van der Waals surface area contributed by atoms with Gasteiger partial charge in [0.15, 0.2) is 0 Å². The van der Waals surface area contributed by atoms with Gasteiger partial charge < -0.3 is 10.2 Å². The third kappa shape index (κ3) is 3.04. The van der Waals surface area contributed by atoms with Gasteiger partial charge in [-0.3, -0.25) is 9.69 Å². The predicted molar refractivity (Wildman–Crippen MR) is 75.6 cm³/mol. The molecule has 1 amide bonds. The maximum Gasteiger partial charge on any atom is 0.240 e. The van der Waals surface area contributed by atoms with Gasteiger partial charge in [0.05, 0.1) is 11.6 Å². The van der Waals surface area contributed by atoms with Gasteiger partial charge in [0, 0.05) is 12.1 Å². The van der Waals surface area contributed by atoms with Gasteiger partial charge in [-0.25, -0.2) is 0 Å². The van der Waals surface area contributed by atoms with Gasteiger partial charge in [-0.1, -0.05) is 0 Å². The topological polar surface area (TPSA) is 35.6 Å². The van der Waals surface area contributed by atoms with Gasteiger partial charge >= 0.3 is 0 Å². The summed E-state index contributed by atoms with van der Waals surface area (Å²) in [5.41, 5.74) is -0.236. The number of hydrogen-bond acceptors (Lipinski definition) is 3. The first-order valence-corrected chi connectivity index (χ1v) is 6.80. The van der Waals surface area contributed by atoms with Crippen LogP contribution in [0.2, 0.25) is 0 Å². The van der Waals surface area contributed by atoms with Crippen LogP contribution in [0, 0.1) is 0 Å². The highest BCUT2D eigenvalue weighted by molar-refractivity contribution is 5.84. The Morgan fingerprint density at radius 3 is 2.39 bits per heavy atom. The van der Waals surface area contributed by atoms with E-state index in [1.54, 1.807) is 0 Å². The molecule has 0 aliphatic carbocycles. The van der Waals surface area contributed by atoms with Crippen LogP contribution in [0.4, 0.5) is 0 Å². The van der Waals surface area contributed by atoms with Crippen LogP contribution in [0.5, 0.6) is 0 Å². The van der Waals surface area contributed by atoms with Crippen molar-refractivity contribution in [1.29, 1.82) is 0 Å². The van der Waals surface area contributed by atoms with Crippen LogP contribution in [0.25, 0.3) is 0 Å². The standard InChI is InChI=1S/C14H29N3O/c1-13(2,3)17-12(18)11(8-9-15-6)16(7)10-14(17,4)5/h11,15H,8-10H2,1-7H3. The third-order valence-electron chi connectivity index (χ3n) is 3.62. The van der Waals surface area contributed by atoms with E-state index in [1.165, 1.54) is 0 Å². The molecule has 0 spiro atoms. The zero-order valence-electron chi connectivity index (χ0n) is 13.0. The molecular formula is C14H29N3O. The van der Waals surface area contributed by atoms with Crippen LogP contribution in [0.1, 0.15) is 41.0 Å². The number of nitrogens with zero attached hydrogens (tertiary/aromatic N) is 2. The van der Waals surface area contributed by atoms with Gasteiger partial charge in [-0.05, 0) is 61.7 Å². The molecule has 1 N–H and O–H groups in total. The van der Waals surface area contributed by atoms with Crippen molar-refractivity contribution in [3.63, 3.8) is 0 Å². The summed E-state index contributed by atoms with van der Waals surface area (Å²) in [7, 11) is 3.98. The molecule has 1 aliphatic heterocycles. The number of likely N-dealkylation sites (N-methyl/N-ethyl adjacent to an activating group) is 1. The van der Waals surface area contributed by atoms with Crippen molar-refractivity contribution in [2.45, 2.75) is 58.2 Å². The lowest BCUT2D eigenvalue weighted by molar-refractivity contribution is -0.159. The van der Waals surface area contributed by atoms with Crippen LogP contribution >= 0.6 is 0 Å². The molecule has 1 atom stereocenters. The van der Waals surface area contributed by atoms with Crippen molar-refractivity contribution in [1.82, 2.24) is 15.1 Å². The van der Waals surface area contributed by atoms with Crippen molar-refractivity contribution in [2.75, 3.05) is 27.2 Å². The predicted octanol–water partition coefficient (Wildman–Crippen LogP) is 1.32. The zero-order valence-corrected chi connectivity index (χ0v) is 13.0. The van der Waals surface area contributed by atoms with Crippen molar-refractivity contribution >= 4 is 5.91 Å². The summed E-state index contributed by atoms with van der Waals surface area (Å²) in [5, 5.41) is 3.13. The number of carbonyl (C=O) groups is 1. The molecule has 4 heteroatoms. The fourth-order valence-corrected chi connectivity index (χ4v) is 3.29. The quantitative estimate of drug-likeness (QED) is 0.826. The SMILES string of the molecule is CNCCC1C(=O)N(C(C)(C)C)C(C)(C)CN1C. The molecule has 106 valence electrons. The molecule has 1 saturated heterocycles. The van der Waals surface area contributed by atoms with E-state index in [2.05, 4.69) is 56.8 Å². The van der Waals surface area contributed by atoms with Crippen LogP contribution in [0.3, 0.4) is 0 Å². The maximum atomic E-state index is 12.8. The molecule has 4 nitrogen and oxygen atoms in total. The van der Waals surface area contributed by atoms with Gasteiger partial charge in [0.2, 0.25) is 5.91 Å². The first-order valence-electron chi connectivity index (χ1n) is 6.80. The first-order chi connectivity index (χ1) is 8.11. The zero-order chi connectivity index (χ0) is 14.1. The molecule has 0 aromatic carbocycles. The molecule has 0 bridgehead atoms. The van der Waals surface area contributed by atoms with E-state index >= 15 is 0 Å². The molecule has 0 aromatic rings. The summed E-state index contributed by atoms with van der Waals surface area (Å²) in [4.78, 5) is 17.0. The second-order valence-corrected chi connectivity index (χ2v) is 6.98. The molecule has 1 fully saturated rings. The minimum Gasteiger partial charge on any atom is -0.330 e. The minimum absolute atomic E-state index is 0.00435. The van der Waals surface area contributed by atoms with E-state index in [1.807, 2.05) is 7.05 Å². The molecule has 0 aromatic heterocycles. The van der Waals surface area contributed by atoms with Gasteiger partial charge in [0.25, 0.3) is 0 Å². The van der Waals surface area contributed by atoms with Crippen LogP contribution in [-0.2, 0) is 4.79 Å². The number of nitrogens with one attached hydrogen (secondary N) is 1. The van der Waals surface area contributed by atoms with Crippen LogP contribution < -0.4 is 5.32 Å². The molecule has 18 heavy (non-hydrogen) atoms. The smallest absolute Gasteiger partial charge is 0.240 e. The Bertz CT molecular complexity index is 307. The Labute approximate surface area is 112 Å². The van der Waals surface area contributed by atoms with Gasteiger partial charge in [-0.15, -0.1) is 0 Å². The Kier molecular flexibility index (Phi) is 4.44. The van der Waals surface area contributed by atoms with E-state index in [0.717, 1.165) is 19.5 Å². The fraction of sp³-hybridized carbons (Fsp3) is 0.929. The second-order valence-electron chi connectivity index (χ2n) is 6.98. The second kappa shape index (κ2) is 5.17. The lowest BCUT2D eigenvalue weighted by atomic mass is 9.88. The Hall–Kier alpha value is -0.610. The molecule has 1 rings (SSSR count). The lowest BCUT2D eigenvalue weighted by Crippen LogP contribution is -2.70. The Balaban J connectivity index is 2.98. The summed E-state index contributed by atoms with van der Waals surface area (Å²) < 4.78 is 0. The van der Waals surface area contributed by atoms with Crippen molar-refractivity contribution in [3.05, 3.63) is 0 Å². The highest BCUT2D eigenvalue weighted by atomic mass is 16.2. The van der Waals surface area contributed by atoms with E-state index in [0.29, 0.717) is 0 Å². The maximum absolute atomic E-state index is 12.8. The number of carbonyl (C=O) groups excluding carboxylic acids is 1. The molecule has 0 saturated carbocycles.